The average Bonchev–Trinajstić information content (AvgIpc) is 3.39. The summed E-state index contributed by atoms with van der Waals surface area (Å²) in [6.07, 6.45) is -0.652. The summed E-state index contributed by atoms with van der Waals surface area (Å²) in [5, 5.41) is 49.3. The summed E-state index contributed by atoms with van der Waals surface area (Å²) in [6.45, 7) is 2.24. The molecule has 2 rings (SSSR count). The van der Waals surface area contributed by atoms with Crippen LogP contribution in [0.4, 0.5) is 17.6 Å². The zero-order valence-electron chi connectivity index (χ0n) is 44.5. The van der Waals surface area contributed by atoms with Crippen LogP contribution in [0.25, 0.3) is 0 Å². The van der Waals surface area contributed by atoms with Crippen LogP contribution in [0.15, 0.2) is 6.07 Å². The normalized spacial score (nSPS) is 14.9. The van der Waals surface area contributed by atoms with Crippen molar-refractivity contribution in [1.29, 1.82) is 0 Å². The Hall–Kier alpha value is -6.15. The van der Waals surface area contributed by atoms with Gasteiger partial charge in [-0.1, -0.05) is 0 Å². The van der Waals surface area contributed by atoms with Gasteiger partial charge in [-0.15, -0.1) is 0 Å². The van der Waals surface area contributed by atoms with Crippen molar-refractivity contribution in [3.05, 3.63) is 29.3 Å². The molecule has 26 nitrogen and oxygen atoms in total. The van der Waals surface area contributed by atoms with Crippen LogP contribution in [0.5, 0.6) is 5.75 Å². The number of ether oxygens (including phenoxy) is 5. The Balaban J connectivity index is 1.89. The van der Waals surface area contributed by atoms with Gasteiger partial charge in [0.15, 0.2) is 11.6 Å². The third-order valence-electron chi connectivity index (χ3n) is 11.9. The number of carbonyl (C=O) groups is 9. The Morgan fingerprint density at radius 1 is 0.532 bits per heavy atom. The second-order valence-corrected chi connectivity index (χ2v) is 18.1. The summed E-state index contributed by atoms with van der Waals surface area (Å²) < 4.78 is 80.4. The van der Waals surface area contributed by atoms with Crippen LogP contribution in [0.3, 0.4) is 0 Å². The lowest BCUT2D eigenvalue weighted by molar-refractivity contribution is -0.145. The number of unbranched alkanes of at least 4 members (excludes halogenated alkanes) is 2. The van der Waals surface area contributed by atoms with Crippen molar-refractivity contribution in [2.24, 2.45) is 0 Å². The summed E-state index contributed by atoms with van der Waals surface area (Å²) in [6, 6.07) is -2.44. The molecule has 1 unspecified atom stereocenters. The maximum absolute atomic E-state index is 13.9. The average molecular weight is 1140 g/mol. The number of benzene rings is 1. The topological polar surface area (TPSA) is 342 Å². The van der Waals surface area contributed by atoms with E-state index in [2.05, 4.69) is 26.0 Å². The standard InChI is InChI=1S/C49H76F4N8O18/c1-75-24-25-77-28-29-78-27-26-76-23-14-56-48(72)36(57-40(64)6-2-3-7-44(71)79-47-45(52)34(50)30-35(51)46(47)53)8-10-38(62)54-12-4-5-13-55-39(63)11-9-37(49(73)74)61-21-19-59(32-42(67)68)17-15-58(31-41(65)66)16-18-60(20-22-61)33-43(69)70/h30,36-37H,2-29,31-33H2,1H3,(H,54,62)(H,55,63)(H,56,72)(H,57,64)(H,65,66)(H,67,68)(H,69,70)(H,73,74)/t36-,37?/m0/s1. The monoisotopic (exact) mass is 1140 g/mol. The van der Waals surface area contributed by atoms with Crippen LogP contribution in [-0.2, 0) is 62.1 Å². The molecule has 1 heterocycles. The number of carboxylic acid groups (broad SMARTS) is 4. The van der Waals surface area contributed by atoms with Gasteiger partial charge in [0.1, 0.15) is 12.1 Å². The predicted molar refractivity (Wildman–Crippen MR) is 269 cm³/mol. The van der Waals surface area contributed by atoms with Crippen LogP contribution in [-0.4, -0.2) is 251 Å². The van der Waals surface area contributed by atoms with Crippen LogP contribution in [0, 0.1) is 23.3 Å². The van der Waals surface area contributed by atoms with Crippen molar-refractivity contribution < 1.29 is 105 Å². The largest absolute Gasteiger partial charge is 0.480 e. The molecule has 4 amide bonds. The molecule has 2 atom stereocenters. The molecule has 1 aliphatic heterocycles. The Labute approximate surface area is 454 Å². The van der Waals surface area contributed by atoms with Crippen molar-refractivity contribution in [2.45, 2.75) is 76.3 Å². The Morgan fingerprint density at radius 2 is 0.975 bits per heavy atom. The van der Waals surface area contributed by atoms with E-state index in [0.717, 1.165) is 0 Å². The van der Waals surface area contributed by atoms with E-state index in [9.17, 15) is 81.1 Å². The summed E-state index contributed by atoms with van der Waals surface area (Å²) in [4.78, 5) is 118. The highest BCUT2D eigenvalue weighted by atomic mass is 19.2. The molecular formula is C49H76F4N8O18. The van der Waals surface area contributed by atoms with Gasteiger partial charge < -0.3 is 65.4 Å². The fraction of sp³-hybridized carbons (Fsp3) is 0.694. The molecule has 0 aromatic heterocycles. The second-order valence-electron chi connectivity index (χ2n) is 18.1. The molecule has 1 saturated heterocycles. The van der Waals surface area contributed by atoms with E-state index in [1.165, 1.54) is 0 Å². The van der Waals surface area contributed by atoms with Crippen molar-refractivity contribution in [3.8, 4) is 5.75 Å². The highest BCUT2D eigenvalue weighted by Crippen LogP contribution is 2.27. The molecule has 30 heteroatoms. The molecule has 0 bridgehead atoms. The van der Waals surface area contributed by atoms with Crippen LogP contribution in [0.1, 0.15) is 64.2 Å². The first-order valence-corrected chi connectivity index (χ1v) is 25.9. The van der Waals surface area contributed by atoms with Crippen LogP contribution in [0.2, 0.25) is 0 Å². The maximum atomic E-state index is 13.9. The number of nitrogens with zero attached hydrogens (tertiary/aromatic N) is 4. The summed E-state index contributed by atoms with van der Waals surface area (Å²) in [5.74, 6) is -16.9. The SMILES string of the molecule is COCCOCCOCCOCCNC(=O)[C@H](CCC(=O)NCCCCNC(=O)CCC(C(=O)O)N1CCN(CC(=O)O)CCN(CC(=O)O)CCN(CC(=O)O)CC1)NC(=O)CCCCC(=O)Oc1c(F)c(F)cc(F)c1F. The highest BCUT2D eigenvalue weighted by Gasteiger charge is 2.29. The fourth-order valence-electron chi connectivity index (χ4n) is 7.75. The maximum Gasteiger partial charge on any atom is 0.320 e. The Bertz CT molecular complexity index is 2040. The lowest BCUT2D eigenvalue weighted by atomic mass is 10.1. The van der Waals surface area contributed by atoms with E-state index in [4.69, 9.17) is 18.9 Å². The first-order chi connectivity index (χ1) is 37.7. The smallest absolute Gasteiger partial charge is 0.320 e. The van der Waals surface area contributed by atoms with Gasteiger partial charge in [-0.25, -0.2) is 8.78 Å². The molecule has 8 N–H and O–H groups in total. The number of nitrogens with one attached hydrogen (secondary N) is 4. The zero-order valence-corrected chi connectivity index (χ0v) is 44.5. The van der Waals surface area contributed by atoms with Gasteiger partial charge in [0.2, 0.25) is 41.0 Å². The van der Waals surface area contributed by atoms with E-state index < -0.39 is 114 Å². The van der Waals surface area contributed by atoms with Gasteiger partial charge in [0.05, 0.1) is 65.9 Å². The molecule has 0 saturated carbocycles. The number of hydrogen-bond acceptors (Lipinski definition) is 18. The van der Waals surface area contributed by atoms with E-state index >= 15 is 0 Å². The first-order valence-electron chi connectivity index (χ1n) is 25.9. The third kappa shape index (κ3) is 31.3. The molecular weight excluding hydrogens is 1060 g/mol. The van der Waals surface area contributed by atoms with Crippen molar-refractivity contribution in [2.75, 3.05) is 145 Å². The number of rotatable bonds is 39. The number of carboxylic acids is 4. The first kappa shape index (κ1) is 69.0. The van der Waals surface area contributed by atoms with Gasteiger partial charge in [-0.3, -0.25) is 62.8 Å². The molecule has 448 valence electrons. The summed E-state index contributed by atoms with van der Waals surface area (Å²) >= 11 is 0. The minimum absolute atomic E-state index is 0.0164. The van der Waals surface area contributed by atoms with Gasteiger partial charge in [0, 0.05) is 111 Å². The van der Waals surface area contributed by atoms with E-state index in [0.29, 0.717) is 39.3 Å². The minimum Gasteiger partial charge on any atom is -0.480 e. The lowest BCUT2D eigenvalue weighted by Gasteiger charge is -2.35. The molecule has 1 fully saturated rings. The van der Waals surface area contributed by atoms with Crippen LogP contribution >= 0.6 is 0 Å². The van der Waals surface area contributed by atoms with E-state index in [1.807, 2.05) is 0 Å². The Kier molecular flexibility index (Phi) is 35.0. The van der Waals surface area contributed by atoms with Crippen molar-refractivity contribution in [1.82, 2.24) is 40.9 Å². The number of aliphatic carboxylic acids is 4. The number of esters is 1. The molecule has 0 radical (unpaired) electrons. The Morgan fingerprint density at radius 3 is 1.44 bits per heavy atom. The van der Waals surface area contributed by atoms with E-state index in [1.54, 1.807) is 26.7 Å². The van der Waals surface area contributed by atoms with Gasteiger partial charge >= 0.3 is 29.8 Å². The quantitative estimate of drug-likeness (QED) is 0.0136. The van der Waals surface area contributed by atoms with Gasteiger partial charge in [0.25, 0.3) is 0 Å². The molecule has 1 aromatic carbocycles. The van der Waals surface area contributed by atoms with Gasteiger partial charge in [-0.2, -0.15) is 8.78 Å². The summed E-state index contributed by atoms with van der Waals surface area (Å²) in [5.41, 5.74) is 0. The minimum atomic E-state index is -1.89. The molecule has 79 heavy (non-hydrogen) atoms. The number of amides is 4. The third-order valence-corrected chi connectivity index (χ3v) is 11.9. The van der Waals surface area contributed by atoms with E-state index in [-0.39, 0.29) is 149 Å². The van der Waals surface area contributed by atoms with Crippen molar-refractivity contribution in [3.63, 3.8) is 0 Å². The number of halogens is 4. The van der Waals surface area contributed by atoms with Crippen LogP contribution < -0.4 is 26.0 Å². The molecule has 1 aliphatic rings. The van der Waals surface area contributed by atoms with Gasteiger partial charge in [-0.05, 0) is 38.5 Å². The highest BCUT2D eigenvalue weighted by molar-refractivity contribution is 5.88. The number of hydrogen-bond donors (Lipinski definition) is 8. The molecule has 1 aromatic rings. The zero-order chi connectivity index (χ0) is 58.5. The predicted octanol–water partition coefficient (Wildman–Crippen LogP) is -0.492. The number of carbonyl (C=O) groups excluding carboxylic acids is 5. The molecule has 0 aliphatic carbocycles. The second kappa shape index (κ2) is 40.1. The van der Waals surface area contributed by atoms with Crippen molar-refractivity contribution >= 4 is 53.5 Å². The fourth-order valence-corrected chi connectivity index (χ4v) is 7.75. The molecule has 0 spiro atoms. The number of methoxy groups -OCH3 is 1. The lowest BCUT2D eigenvalue weighted by Crippen LogP contribution is -2.52. The summed E-state index contributed by atoms with van der Waals surface area (Å²) in [7, 11) is 1.56.